The molecule has 0 amide bonds. The topological polar surface area (TPSA) is 63.9 Å². The summed E-state index contributed by atoms with van der Waals surface area (Å²) in [6.45, 7) is 8.00. The van der Waals surface area contributed by atoms with Crippen molar-refractivity contribution in [1.82, 2.24) is 4.90 Å². The van der Waals surface area contributed by atoms with Gasteiger partial charge in [0.15, 0.2) is 0 Å². The van der Waals surface area contributed by atoms with Crippen molar-refractivity contribution in [3.8, 4) is 0 Å². The first-order chi connectivity index (χ1) is 17.2. The van der Waals surface area contributed by atoms with Gasteiger partial charge in [0.05, 0.1) is 6.10 Å². The molecule has 3 N–H and O–H groups in total. The lowest BCUT2D eigenvalue weighted by Gasteiger charge is -2.44. The second-order valence-electron chi connectivity index (χ2n) is 11.3. The third kappa shape index (κ3) is 5.90. The molecule has 0 radical (unpaired) electrons. The van der Waals surface area contributed by atoms with Crippen molar-refractivity contribution in [3.05, 3.63) is 107 Å². The van der Waals surface area contributed by atoms with E-state index in [4.69, 9.17) is 0 Å². The number of aliphatic hydroxyl groups excluding tert-OH is 2. The first kappa shape index (κ1) is 26.6. The van der Waals surface area contributed by atoms with Gasteiger partial charge in [-0.25, -0.2) is 0 Å². The number of hydrogen-bond donors (Lipinski definition) is 3. The molecule has 1 aliphatic rings. The lowest BCUT2D eigenvalue weighted by atomic mass is 9.71. The van der Waals surface area contributed by atoms with Crippen LogP contribution in [0.3, 0.4) is 0 Å². The van der Waals surface area contributed by atoms with Gasteiger partial charge in [0.25, 0.3) is 0 Å². The summed E-state index contributed by atoms with van der Waals surface area (Å²) < 4.78 is 0. The largest absolute Gasteiger partial charge is 0.388 e. The number of likely N-dealkylation sites (tertiary alicyclic amines) is 1. The maximum atomic E-state index is 12.1. The van der Waals surface area contributed by atoms with E-state index < -0.39 is 17.9 Å². The molecule has 1 aliphatic heterocycles. The zero-order valence-corrected chi connectivity index (χ0v) is 21.8. The summed E-state index contributed by atoms with van der Waals surface area (Å²) in [6, 6.07) is 27.9. The van der Waals surface area contributed by atoms with E-state index in [0.717, 1.165) is 36.1 Å². The van der Waals surface area contributed by atoms with Crippen LogP contribution in [0, 0.1) is 5.92 Å². The number of piperidine rings is 1. The first-order valence-corrected chi connectivity index (χ1v) is 13.2. The third-order valence-electron chi connectivity index (χ3n) is 7.78. The molecular weight excluding hydrogens is 446 g/mol. The fraction of sp³-hybridized carbons (Fsp3) is 0.438. The van der Waals surface area contributed by atoms with Gasteiger partial charge in [-0.3, -0.25) is 4.90 Å². The zero-order valence-electron chi connectivity index (χ0n) is 21.8. The number of hydrogen-bond acceptors (Lipinski definition) is 4. The van der Waals surface area contributed by atoms with Crippen LogP contribution in [0.4, 0.5) is 0 Å². The quantitative estimate of drug-likeness (QED) is 0.378. The van der Waals surface area contributed by atoms with Crippen molar-refractivity contribution in [2.24, 2.45) is 5.92 Å². The van der Waals surface area contributed by atoms with Crippen LogP contribution in [0.5, 0.6) is 0 Å². The van der Waals surface area contributed by atoms with E-state index in [1.807, 2.05) is 72.8 Å². The predicted molar refractivity (Wildman–Crippen MR) is 146 cm³/mol. The summed E-state index contributed by atoms with van der Waals surface area (Å²) in [6.07, 6.45) is 1.61. The van der Waals surface area contributed by atoms with Crippen LogP contribution in [0.15, 0.2) is 84.9 Å². The van der Waals surface area contributed by atoms with Gasteiger partial charge in [0.2, 0.25) is 0 Å². The average Bonchev–Trinajstić information content (AvgIpc) is 2.89. The van der Waals surface area contributed by atoms with Crippen LogP contribution in [0.2, 0.25) is 0 Å². The van der Waals surface area contributed by atoms with Gasteiger partial charge in [-0.2, -0.15) is 0 Å². The smallest absolute Gasteiger partial charge is 0.118 e. The summed E-state index contributed by atoms with van der Waals surface area (Å²) in [4.78, 5) is 2.09. The lowest BCUT2D eigenvalue weighted by Crippen LogP contribution is -2.49. The minimum Gasteiger partial charge on any atom is -0.388 e. The predicted octanol–water partition coefficient (Wildman–Crippen LogP) is 5.76. The Morgan fingerprint density at radius 1 is 0.833 bits per heavy atom. The SMILES string of the molecule is CC(C)(C)c1ccc(C(O)CCCN2CCC(C(O)(c3ccccc3)c3ccccc3)CC2O)cc1. The van der Waals surface area contributed by atoms with E-state index in [2.05, 4.69) is 37.8 Å². The Morgan fingerprint density at radius 3 is 1.89 bits per heavy atom. The van der Waals surface area contributed by atoms with Crippen LogP contribution in [-0.2, 0) is 11.0 Å². The average molecular weight is 488 g/mol. The summed E-state index contributed by atoms with van der Waals surface area (Å²) in [5.74, 6) is -0.0968. The molecule has 4 rings (SSSR count). The Hall–Kier alpha value is -2.50. The number of nitrogens with zero attached hydrogens (tertiary/aromatic N) is 1. The summed E-state index contributed by atoms with van der Waals surface area (Å²) in [5, 5.41) is 33.8. The van der Waals surface area contributed by atoms with Gasteiger partial charge < -0.3 is 15.3 Å². The van der Waals surface area contributed by atoms with Crippen LogP contribution < -0.4 is 0 Å². The Morgan fingerprint density at radius 2 is 1.39 bits per heavy atom. The van der Waals surface area contributed by atoms with Gasteiger partial charge in [-0.15, -0.1) is 0 Å². The van der Waals surface area contributed by atoms with Gasteiger partial charge in [-0.05, 0) is 53.4 Å². The van der Waals surface area contributed by atoms with Crippen LogP contribution in [0.1, 0.15) is 74.8 Å². The highest BCUT2D eigenvalue weighted by atomic mass is 16.3. The molecule has 192 valence electrons. The molecule has 1 saturated heterocycles. The van der Waals surface area contributed by atoms with Crippen molar-refractivity contribution < 1.29 is 15.3 Å². The second-order valence-corrected chi connectivity index (χ2v) is 11.3. The first-order valence-electron chi connectivity index (χ1n) is 13.2. The minimum atomic E-state index is -1.15. The van der Waals surface area contributed by atoms with E-state index in [9.17, 15) is 15.3 Å². The number of benzene rings is 3. The summed E-state index contributed by atoms with van der Waals surface area (Å²) in [7, 11) is 0. The van der Waals surface area contributed by atoms with Crippen LogP contribution in [0.25, 0.3) is 0 Å². The highest BCUT2D eigenvalue weighted by Gasteiger charge is 2.43. The van der Waals surface area contributed by atoms with E-state index in [-0.39, 0.29) is 11.3 Å². The van der Waals surface area contributed by atoms with Crippen molar-refractivity contribution in [1.29, 1.82) is 0 Å². The molecule has 1 fully saturated rings. The van der Waals surface area contributed by atoms with Crippen molar-refractivity contribution in [3.63, 3.8) is 0 Å². The second kappa shape index (κ2) is 11.3. The maximum absolute atomic E-state index is 12.1. The van der Waals surface area contributed by atoms with Gasteiger partial charge in [0, 0.05) is 19.0 Å². The van der Waals surface area contributed by atoms with Gasteiger partial charge in [-0.1, -0.05) is 106 Å². The standard InChI is InChI=1S/C32H41NO3/c1-31(2,3)25-18-16-24(17-19-25)29(34)15-10-21-33-22-20-28(23-30(33)35)32(36,26-11-6-4-7-12-26)27-13-8-5-9-14-27/h4-9,11-14,16-19,28-30,34-36H,10,15,20-23H2,1-3H3. The highest BCUT2D eigenvalue weighted by Crippen LogP contribution is 2.43. The molecule has 3 unspecified atom stereocenters. The fourth-order valence-corrected chi connectivity index (χ4v) is 5.51. The highest BCUT2D eigenvalue weighted by molar-refractivity contribution is 5.37. The fourth-order valence-electron chi connectivity index (χ4n) is 5.51. The Labute approximate surface area is 216 Å². The molecule has 4 nitrogen and oxygen atoms in total. The van der Waals surface area contributed by atoms with Crippen molar-refractivity contribution in [2.45, 2.75) is 69.8 Å². The lowest BCUT2D eigenvalue weighted by molar-refractivity contribution is -0.0929. The third-order valence-corrected chi connectivity index (χ3v) is 7.78. The van der Waals surface area contributed by atoms with Crippen LogP contribution in [-0.4, -0.2) is 39.5 Å². The molecule has 3 aromatic rings. The van der Waals surface area contributed by atoms with Crippen LogP contribution >= 0.6 is 0 Å². The maximum Gasteiger partial charge on any atom is 0.118 e. The van der Waals surface area contributed by atoms with E-state index in [1.165, 1.54) is 5.56 Å². The Bertz CT molecular complexity index is 1040. The molecule has 3 aromatic carbocycles. The molecule has 36 heavy (non-hydrogen) atoms. The molecule has 0 aromatic heterocycles. The number of aliphatic hydroxyl groups is 3. The Kier molecular flexibility index (Phi) is 8.31. The molecular formula is C32H41NO3. The molecule has 0 saturated carbocycles. The molecule has 0 aliphatic carbocycles. The normalized spacial score (nSPS) is 20.3. The molecule has 0 bridgehead atoms. The van der Waals surface area contributed by atoms with E-state index in [0.29, 0.717) is 19.4 Å². The molecule has 0 spiro atoms. The summed E-state index contributed by atoms with van der Waals surface area (Å²) >= 11 is 0. The minimum absolute atomic E-state index is 0.0962. The van der Waals surface area contributed by atoms with Gasteiger partial charge >= 0.3 is 0 Å². The molecule has 1 heterocycles. The monoisotopic (exact) mass is 487 g/mol. The van der Waals surface area contributed by atoms with Gasteiger partial charge in [0.1, 0.15) is 11.8 Å². The Balaban J connectivity index is 1.36. The summed E-state index contributed by atoms with van der Waals surface area (Å²) in [5.41, 5.74) is 2.88. The van der Waals surface area contributed by atoms with Crippen molar-refractivity contribution in [2.75, 3.05) is 13.1 Å². The van der Waals surface area contributed by atoms with Crippen molar-refractivity contribution >= 4 is 0 Å². The number of rotatable bonds is 8. The molecule has 3 atom stereocenters. The molecule has 4 heteroatoms. The van der Waals surface area contributed by atoms with E-state index >= 15 is 0 Å². The van der Waals surface area contributed by atoms with E-state index in [1.54, 1.807) is 0 Å². The zero-order chi connectivity index (χ0) is 25.8.